The molecule has 1 saturated heterocycles. The third-order valence-electron chi connectivity index (χ3n) is 3.71. The summed E-state index contributed by atoms with van der Waals surface area (Å²) in [6, 6.07) is 4.25. The molecule has 2 atom stereocenters. The minimum Gasteiger partial charge on any atom is -0.362 e. The average Bonchev–Trinajstić information content (AvgIpc) is 2.37. The highest BCUT2D eigenvalue weighted by Gasteiger charge is 2.31. The molecule has 1 fully saturated rings. The van der Waals surface area contributed by atoms with E-state index in [0.717, 1.165) is 18.9 Å². The Balaban J connectivity index is 2.40. The van der Waals surface area contributed by atoms with E-state index in [1.54, 1.807) is 6.07 Å². The number of rotatable bonds is 3. The number of halogens is 1. The lowest BCUT2D eigenvalue weighted by Crippen LogP contribution is -2.46. The zero-order chi connectivity index (χ0) is 14.0. The van der Waals surface area contributed by atoms with Gasteiger partial charge in [-0.2, -0.15) is 4.39 Å². The number of benzene rings is 1. The molecule has 0 radical (unpaired) electrons. The predicted molar refractivity (Wildman–Crippen MR) is 71.6 cm³/mol. The SMILES string of the molecule is CC1CCN(c2cccc(F)c2[N+](=O)[O-])C(CN)C1. The summed E-state index contributed by atoms with van der Waals surface area (Å²) in [6.45, 7) is 3.23. The molecule has 104 valence electrons. The number of nitro groups is 1. The van der Waals surface area contributed by atoms with Gasteiger partial charge in [-0.05, 0) is 30.9 Å². The fourth-order valence-electron chi connectivity index (χ4n) is 2.71. The topological polar surface area (TPSA) is 72.4 Å². The first kappa shape index (κ1) is 13.7. The number of nitro benzene ring substituents is 1. The van der Waals surface area contributed by atoms with E-state index in [4.69, 9.17) is 5.73 Å². The van der Waals surface area contributed by atoms with Gasteiger partial charge in [-0.1, -0.05) is 13.0 Å². The second-order valence-corrected chi connectivity index (χ2v) is 5.08. The summed E-state index contributed by atoms with van der Waals surface area (Å²) in [5.41, 5.74) is 5.64. The van der Waals surface area contributed by atoms with Gasteiger partial charge in [0.25, 0.3) is 0 Å². The fourth-order valence-corrected chi connectivity index (χ4v) is 2.71. The van der Waals surface area contributed by atoms with Gasteiger partial charge >= 0.3 is 5.69 Å². The summed E-state index contributed by atoms with van der Waals surface area (Å²) in [5, 5.41) is 11.1. The van der Waals surface area contributed by atoms with E-state index in [1.165, 1.54) is 6.07 Å². The van der Waals surface area contributed by atoms with Crippen LogP contribution in [0.2, 0.25) is 0 Å². The molecular formula is C13H18FN3O2. The third kappa shape index (κ3) is 2.68. The van der Waals surface area contributed by atoms with Gasteiger partial charge in [0.05, 0.1) is 4.92 Å². The lowest BCUT2D eigenvalue weighted by atomic mass is 9.92. The van der Waals surface area contributed by atoms with Crippen molar-refractivity contribution in [2.75, 3.05) is 18.0 Å². The standard InChI is InChI=1S/C13H18FN3O2/c1-9-5-6-16(10(7-9)8-15)12-4-2-3-11(14)13(12)17(18)19/h2-4,9-10H,5-8,15H2,1H3. The lowest BCUT2D eigenvalue weighted by molar-refractivity contribution is -0.386. The molecule has 2 unspecified atom stereocenters. The van der Waals surface area contributed by atoms with Crippen molar-refractivity contribution in [1.82, 2.24) is 0 Å². The fraction of sp³-hybridized carbons (Fsp3) is 0.538. The molecule has 5 nitrogen and oxygen atoms in total. The number of nitrogens with zero attached hydrogens (tertiary/aromatic N) is 2. The van der Waals surface area contributed by atoms with Crippen LogP contribution in [0.15, 0.2) is 18.2 Å². The first-order chi connectivity index (χ1) is 9.04. The van der Waals surface area contributed by atoms with Gasteiger partial charge in [-0.15, -0.1) is 0 Å². The van der Waals surface area contributed by atoms with E-state index in [1.807, 2.05) is 4.90 Å². The highest BCUT2D eigenvalue weighted by atomic mass is 19.1. The molecule has 1 aliphatic rings. The monoisotopic (exact) mass is 267 g/mol. The Morgan fingerprint density at radius 3 is 2.95 bits per heavy atom. The van der Waals surface area contributed by atoms with Crippen molar-refractivity contribution in [3.63, 3.8) is 0 Å². The number of anilines is 1. The van der Waals surface area contributed by atoms with Crippen molar-refractivity contribution in [3.05, 3.63) is 34.1 Å². The van der Waals surface area contributed by atoms with Gasteiger partial charge in [0.15, 0.2) is 0 Å². The molecule has 0 spiro atoms. The van der Waals surface area contributed by atoms with E-state index in [9.17, 15) is 14.5 Å². The molecule has 0 bridgehead atoms. The Labute approximate surface area is 111 Å². The number of piperidine rings is 1. The largest absolute Gasteiger partial charge is 0.362 e. The number of hydrogen-bond donors (Lipinski definition) is 1. The Kier molecular flexibility index (Phi) is 3.99. The molecule has 2 N–H and O–H groups in total. The number of hydrogen-bond acceptors (Lipinski definition) is 4. The molecule has 6 heteroatoms. The van der Waals surface area contributed by atoms with Crippen LogP contribution >= 0.6 is 0 Å². The molecule has 0 saturated carbocycles. The normalized spacial score (nSPS) is 23.4. The smallest absolute Gasteiger partial charge is 0.327 e. The third-order valence-corrected chi connectivity index (χ3v) is 3.71. The molecule has 1 aromatic rings. The van der Waals surface area contributed by atoms with Gasteiger partial charge in [-0.3, -0.25) is 10.1 Å². The highest BCUT2D eigenvalue weighted by Crippen LogP contribution is 2.35. The van der Waals surface area contributed by atoms with Crippen LogP contribution in [0, 0.1) is 21.8 Å². The van der Waals surface area contributed by atoms with Gasteiger partial charge in [0, 0.05) is 19.1 Å². The highest BCUT2D eigenvalue weighted by molar-refractivity contribution is 5.64. The predicted octanol–water partition coefficient (Wildman–Crippen LogP) is 2.30. The van der Waals surface area contributed by atoms with Crippen LogP contribution in [0.1, 0.15) is 19.8 Å². The van der Waals surface area contributed by atoms with Crippen molar-refractivity contribution >= 4 is 11.4 Å². The van der Waals surface area contributed by atoms with E-state index < -0.39 is 16.4 Å². The number of para-hydroxylation sites is 1. The van der Waals surface area contributed by atoms with Crippen LogP contribution in [0.4, 0.5) is 15.8 Å². The molecule has 0 amide bonds. The number of nitrogens with two attached hydrogens (primary N) is 1. The molecule has 1 aliphatic heterocycles. The molecule has 1 aromatic carbocycles. The van der Waals surface area contributed by atoms with Crippen molar-refractivity contribution in [2.24, 2.45) is 11.7 Å². The van der Waals surface area contributed by atoms with E-state index in [-0.39, 0.29) is 6.04 Å². The second kappa shape index (κ2) is 5.52. The van der Waals surface area contributed by atoms with Crippen LogP contribution in [0.5, 0.6) is 0 Å². The summed E-state index contributed by atoms with van der Waals surface area (Å²) in [4.78, 5) is 12.3. The van der Waals surface area contributed by atoms with Crippen molar-refractivity contribution < 1.29 is 9.31 Å². The zero-order valence-corrected chi connectivity index (χ0v) is 10.9. The Morgan fingerprint density at radius 1 is 1.58 bits per heavy atom. The zero-order valence-electron chi connectivity index (χ0n) is 10.9. The first-order valence-corrected chi connectivity index (χ1v) is 6.44. The second-order valence-electron chi connectivity index (χ2n) is 5.08. The van der Waals surface area contributed by atoms with Gasteiger partial charge in [-0.25, -0.2) is 0 Å². The maximum Gasteiger partial charge on any atom is 0.327 e. The molecular weight excluding hydrogens is 249 g/mol. The van der Waals surface area contributed by atoms with Gasteiger partial charge in [0.1, 0.15) is 5.69 Å². The van der Waals surface area contributed by atoms with E-state index in [2.05, 4.69) is 6.92 Å². The Hall–Kier alpha value is -1.69. The molecule has 2 rings (SSSR count). The van der Waals surface area contributed by atoms with E-state index >= 15 is 0 Å². The minimum atomic E-state index is -0.795. The van der Waals surface area contributed by atoms with Crippen molar-refractivity contribution in [3.8, 4) is 0 Å². The van der Waals surface area contributed by atoms with Crippen LogP contribution in [0.25, 0.3) is 0 Å². The maximum absolute atomic E-state index is 13.7. The van der Waals surface area contributed by atoms with Crippen LogP contribution in [-0.2, 0) is 0 Å². The summed E-state index contributed by atoms with van der Waals surface area (Å²) < 4.78 is 13.7. The molecule has 0 aliphatic carbocycles. The molecule has 19 heavy (non-hydrogen) atoms. The van der Waals surface area contributed by atoms with Crippen LogP contribution in [0.3, 0.4) is 0 Å². The van der Waals surface area contributed by atoms with Gasteiger partial charge in [0.2, 0.25) is 5.82 Å². The average molecular weight is 267 g/mol. The van der Waals surface area contributed by atoms with Crippen molar-refractivity contribution in [2.45, 2.75) is 25.8 Å². The van der Waals surface area contributed by atoms with Crippen molar-refractivity contribution in [1.29, 1.82) is 0 Å². The quantitative estimate of drug-likeness (QED) is 0.673. The van der Waals surface area contributed by atoms with Gasteiger partial charge < -0.3 is 10.6 Å². The summed E-state index contributed by atoms with van der Waals surface area (Å²) in [6.07, 6.45) is 1.81. The summed E-state index contributed by atoms with van der Waals surface area (Å²) in [5.74, 6) is -0.255. The lowest BCUT2D eigenvalue weighted by Gasteiger charge is -2.39. The van der Waals surface area contributed by atoms with Crippen LogP contribution in [-0.4, -0.2) is 24.1 Å². The maximum atomic E-state index is 13.7. The molecule has 1 heterocycles. The molecule has 0 aromatic heterocycles. The Morgan fingerprint density at radius 2 is 2.32 bits per heavy atom. The minimum absolute atomic E-state index is 0.0317. The van der Waals surface area contributed by atoms with E-state index in [0.29, 0.717) is 24.7 Å². The van der Waals surface area contributed by atoms with Crippen LogP contribution < -0.4 is 10.6 Å². The first-order valence-electron chi connectivity index (χ1n) is 6.44. The summed E-state index contributed by atoms with van der Waals surface area (Å²) >= 11 is 0. The summed E-state index contributed by atoms with van der Waals surface area (Å²) in [7, 11) is 0. The Bertz CT molecular complexity index is 481.